The van der Waals surface area contributed by atoms with Crippen LogP contribution in [0.15, 0.2) is 52.2 Å². The third-order valence-corrected chi connectivity index (χ3v) is 7.41. The summed E-state index contributed by atoms with van der Waals surface area (Å²) in [6, 6.07) is 13.3. The van der Waals surface area contributed by atoms with Crippen LogP contribution in [0.3, 0.4) is 0 Å². The molecule has 2 N–H and O–H groups in total. The summed E-state index contributed by atoms with van der Waals surface area (Å²) >= 11 is 1.02. The van der Waals surface area contributed by atoms with E-state index in [1.54, 1.807) is 12.1 Å². The first kappa shape index (κ1) is 19.3. The lowest BCUT2D eigenvalue weighted by Gasteiger charge is -2.28. The van der Waals surface area contributed by atoms with Crippen molar-refractivity contribution >= 4 is 31.6 Å². The van der Waals surface area contributed by atoms with E-state index in [1.165, 1.54) is 17.2 Å². The highest BCUT2D eigenvalue weighted by atomic mass is 32.2. The smallest absolute Gasteiger partial charge is 0.305 e. The first-order valence-electron chi connectivity index (χ1n) is 9.43. The van der Waals surface area contributed by atoms with Crippen LogP contribution in [0.1, 0.15) is 24.0 Å². The number of rotatable bonds is 7. The van der Waals surface area contributed by atoms with Gasteiger partial charge in [-0.25, -0.2) is 13.1 Å². The molecule has 2 aromatic carbocycles. The molecule has 148 valence electrons. The number of benzene rings is 2. The van der Waals surface area contributed by atoms with Crippen LogP contribution >= 0.6 is 11.3 Å². The second kappa shape index (κ2) is 8.16. The summed E-state index contributed by atoms with van der Waals surface area (Å²) < 4.78 is 28.3. The van der Waals surface area contributed by atoms with E-state index >= 15 is 0 Å². The molecule has 0 unspecified atom stereocenters. The number of nitrogens with zero attached hydrogens (tertiary/aromatic N) is 1. The number of fused-ring (bicyclic) bond motifs is 2. The Bertz CT molecular complexity index is 1130. The Morgan fingerprint density at radius 3 is 2.79 bits per heavy atom. The zero-order valence-corrected chi connectivity index (χ0v) is 17.1. The maximum atomic E-state index is 12.5. The molecule has 1 aliphatic heterocycles. The second-order valence-electron chi connectivity index (χ2n) is 7.07. The van der Waals surface area contributed by atoms with Gasteiger partial charge >= 0.3 is 4.87 Å². The number of aromatic nitrogens is 1. The SMILES string of the molecule is O=c1[nH]c2ccc(S(=O)(=O)NCCCCN3CCc4ccccc4C3)cc2s1. The number of hydrogen-bond acceptors (Lipinski definition) is 5. The van der Waals surface area contributed by atoms with Gasteiger partial charge in [0.15, 0.2) is 0 Å². The van der Waals surface area contributed by atoms with Gasteiger partial charge < -0.3 is 4.98 Å². The van der Waals surface area contributed by atoms with Crippen molar-refractivity contribution in [3.05, 3.63) is 63.3 Å². The molecule has 0 atom stereocenters. The van der Waals surface area contributed by atoms with Crippen LogP contribution < -0.4 is 9.60 Å². The molecule has 0 amide bonds. The summed E-state index contributed by atoms with van der Waals surface area (Å²) in [5.41, 5.74) is 3.50. The molecule has 0 radical (unpaired) electrons. The Kier molecular flexibility index (Phi) is 5.63. The lowest BCUT2D eigenvalue weighted by atomic mass is 10.00. The summed E-state index contributed by atoms with van der Waals surface area (Å²) in [4.78, 5) is 16.5. The van der Waals surface area contributed by atoms with Gasteiger partial charge in [0.1, 0.15) is 0 Å². The van der Waals surface area contributed by atoms with Gasteiger partial charge in [-0.15, -0.1) is 0 Å². The van der Waals surface area contributed by atoms with E-state index in [-0.39, 0.29) is 9.77 Å². The van der Waals surface area contributed by atoms with Gasteiger partial charge in [-0.1, -0.05) is 35.6 Å². The zero-order valence-electron chi connectivity index (χ0n) is 15.5. The third kappa shape index (κ3) is 4.35. The third-order valence-electron chi connectivity index (χ3n) is 5.11. The van der Waals surface area contributed by atoms with Crippen LogP contribution in [-0.2, 0) is 23.0 Å². The molecule has 0 fully saturated rings. The normalized spacial score (nSPS) is 15.0. The first-order chi connectivity index (χ1) is 13.5. The minimum absolute atomic E-state index is 0.183. The van der Waals surface area contributed by atoms with Crippen molar-refractivity contribution in [3.8, 4) is 0 Å². The number of unbranched alkanes of at least 4 members (excludes halogenated alkanes) is 1. The van der Waals surface area contributed by atoms with E-state index in [9.17, 15) is 13.2 Å². The summed E-state index contributed by atoms with van der Waals surface area (Å²) in [5.74, 6) is 0. The highest BCUT2D eigenvalue weighted by Gasteiger charge is 2.16. The molecule has 8 heteroatoms. The molecule has 0 aliphatic carbocycles. The van der Waals surface area contributed by atoms with E-state index in [1.807, 2.05) is 0 Å². The molecule has 1 aliphatic rings. The average Bonchev–Trinajstić information content (AvgIpc) is 3.06. The standard InChI is InChI=1S/C20H23N3O3S2/c24-20-22-18-8-7-17(13-19(18)27-20)28(25,26)21-10-3-4-11-23-12-9-15-5-1-2-6-16(15)14-23/h1-2,5-8,13,21H,3-4,9-12,14H2,(H,22,24). The summed E-state index contributed by atoms with van der Waals surface area (Å²) in [7, 11) is -3.56. The molecular formula is C20H23N3O3S2. The Labute approximate surface area is 168 Å². The zero-order chi connectivity index (χ0) is 19.6. The van der Waals surface area contributed by atoms with Crippen molar-refractivity contribution in [2.45, 2.75) is 30.7 Å². The Morgan fingerprint density at radius 1 is 1.11 bits per heavy atom. The predicted molar refractivity (Wildman–Crippen MR) is 112 cm³/mol. The van der Waals surface area contributed by atoms with E-state index in [0.29, 0.717) is 16.8 Å². The Hall–Kier alpha value is -2.00. The highest BCUT2D eigenvalue weighted by Crippen LogP contribution is 2.20. The van der Waals surface area contributed by atoms with Crippen LogP contribution in [0.4, 0.5) is 0 Å². The van der Waals surface area contributed by atoms with Crippen LogP contribution in [0.25, 0.3) is 10.2 Å². The fourth-order valence-corrected chi connectivity index (χ4v) is 5.54. The van der Waals surface area contributed by atoms with Crippen LogP contribution in [-0.4, -0.2) is 37.9 Å². The minimum atomic E-state index is -3.56. The van der Waals surface area contributed by atoms with Crippen molar-refractivity contribution in [2.24, 2.45) is 0 Å². The Balaban J connectivity index is 1.26. The number of thiazole rings is 1. The van der Waals surface area contributed by atoms with Crippen LogP contribution in [0.2, 0.25) is 0 Å². The van der Waals surface area contributed by atoms with Crippen molar-refractivity contribution in [3.63, 3.8) is 0 Å². The van der Waals surface area contributed by atoms with Crippen molar-refractivity contribution in [1.82, 2.24) is 14.6 Å². The van der Waals surface area contributed by atoms with E-state index in [0.717, 1.165) is 50.2 Å². The number of nitrogens with one attached hydrogen (secondary N) is 2. The van der Waals surface area contributed by atoms with E-state index in [4.69, 9.17) is 0 Å². The monoisotopic (exact) mass is 417 g/mol. The van der Waals surface area contributed by atoms with Crippen LogP contribution in [0.5, 0.6) is 0 Å². The molecule has 6 nitrogen and oxygen atoms in total. The molecular weight excluding hydrogens is 394 g/mol. The maximum Gasteiger partial charge on any atom is 0.305 e. The van der Waals surface area contributed by atoms with Crippen molar-refractivity contribution < 1.29 is 8.42 Å². The van der Waals surface area contributed by atoms with Gasteiger partial charge in [0, 0.05) is 19.6 Å². The van der Waals surface area contributed by atoms with Gasteiger partial charge in [0.05, 0.1) is 15.1 Å². The molecule has 0 saturated carbocycles. The van der Waals surface area contributed by atoms with Gasteiger partial charge in [-0.2, -0.15) is 0 Å². The topological polar surface area (TPSA) is 82.3 Å². The van der Waals surface area contributed by atoms with E-state index in [2.05, 4.69) is 38.9 Å². The average molecular weight is 418 g/mol. The molecule has 0 saturated heterocycles. The summed E-state index contributed by atoms with van der Waals surface area (Å²) in [5, 5.41) is 0. The Morgan fingerprint density at radius 2 is 1.93 bits per heavy atom. The lowest BCUT2D eigenvalue weighted by molar-refractivity contribution is 0.249. The first-order valence-corrected chi connectivity index (χ1v) is 11.7. The fraction of sp³-hybridized carbons (Fsp3) is 0.350. The van der Waals surface area contributed by atoms with Gasteiger partial charge in [-0.3, -0.25) is 9.69 Å². The summed E-state index contributed by atoms with van der Waals surface area (Å²) in [6.45, 7) is 3.41. The number of aromatic amines is 1. The number of sulfonamides is 1. The highest BCUT2D eigenvalue weighted by molar-refractivity contribution is 7.89. The molecule has 28 heavy (non-hydrogen) atoms. The predicted octanol–water partition coefficient (Wildman–Crippen LogP) is 2.71. The van der Waals surface area contributed by atoms with E-state index < -0.39 is 10.0 Å². The summed E-state index contributed by atoms with van der Waals surface area (Å²) in [6.07, 6.45) is 2.82. The molecule has 0 bridgehead atoms. The minimum Gasteiger partial charge on any atom is -0.312 e. The van der Waals surface area contributed by atoms with Crippen molar-refractivity contribution in [1.29, 1.82) is 0 Å². The van der Waals surface area contributed by atoms with Gasteiger partial charge in [-0.05, 0) is 55.1 Å². The number of hydrogen-bond donors (Lipinski definition) is 2. The molecule has 1 aromatic heterocycles. The maximum absolute atomic E-state index is 12.5. The largest absolute Gasteiger partial charge is 0.312 e. The molecule has 4 rings (SSSR count). The quantitative estimate of drug-likeness (QED) is 0.579. The molecule has 2 heterocycles. The number of H-pyrrole nitrogens is 1. The molecule has 3 aromatic rings. The van der Waals surface area contributed by atoms with Gasteiger partial charge in [0.25, 0.3) is 0 Å². The van der Waals surface area contributed by atoms with Gasteiger partial charge in [0.2, 0.25) is 10.0 Å². The fourth-order valence-electron chi connectivity index (χ4n) is 3.59. The second-order valence-corrected chi connectivity index (χ2v) is 9.85. The van der Waals surface area contributed by atoms with Crippen molar-refractivity contribution in [2.75, 3.05) is 19.6 Å². The molecule has 0 spiro atoms. The van der Waals surface area contributed by atoms with Crippen LogP contribution in [0, 0.1) is 0 Å². The lowest BCUT2D eigenvalue weighted by Crippen LogP contribution is -2.32.